The minimum Gasteiger partial charge on any atom is -0.380 e. The van der Waals surface area contributed by atoms with Gasteiger partial charge < -0.3 is 15.0 Å². The van der Waals surface area contributed by atoms with Crippen molar-refractivity contribution in [1.82, 2.24) is 10.1 Å². The zero-order valence-electron chi connectivity index (χ0n) is 7.62. The molecule has 1 aromatic heterocycles. The van der Waals surface area contributed by atoms with Crippen molar-refractivity contribution < 1.29 is 9.26 Å². The Kier molecular flexibility index (Phi) is 1.95. The molecule has 1 saturated heterocycles. The molecule has 0 radical (unpaired) electrons. The van der Waals surface area contributed by atoms with Gasteiger partial charge in [0.25, 0.3) is 5.95 Å². The van der Waals surface area contributed by atoms with Crippen LogP contribution in [-0.2, 0) is 10.2 Å². The van der Waals surface area contributed by atoms with Crippen LogP contribution in [0.2, 0.25) is 0 Å². The van der Waals surface area contributed by atoms with E-state index in [9.17, 15) is 0 Å². The van der Waals surface area contributed by atoms with Crippen LogP contribution in [0.3, 0.4) is 0 Å². The Hall–Kier alpha value is -1.10. The second kappa shape index (κ2) is 2.99. The van der Waals surface area contributed by atoms with Gasteiger partial charge in [0.15, 0.2) is 0 Å². The first-order valence-corrected chi connectivity index (χ1v) is 4.38. The summed E-state index contributed by atoms with van der Waals surface area (Å²) in [5.74, 6) is 0.784. The van der Waals surface area contributed by atoms with Gasteiger partial charge in [-0.2, -0.15) is 4.98 Å². The van der Waals surface area contributed by atoms with E-state index in [0.717, 1.165) is 19.4 Å². The molecule has 0 spiro atoms. The van der Waals surface area contributed by atoms with Crippen LogP contribution in [0.4, 0.5) is 5.95 Å². The summed E-state index contributed by atoms with van der Waals surface area (Å²) < 4.78 is 10.4. The lowest BCUT2D eigenvalue weighted by Crippen LogP contribution is -2.33. The van der Waals surface area contributed by atoms with E-state index in [1.165, 1.54) is 0 Å². The summed E-state index contributed by atoms with van der Waals surface area (Å²) in [6.45, 7) is 3.51. The van der Waals surface area contributed by atoms with Gasteiger partial charge in [-0.05, 0) is 24.9 Å². The molecule has 1 aromatic rings. The van der Waals surface area contributed by atoms with Gasteiger partial charge in [-0.15, -0.1) is 0 Å². The van der Waals surface area contributed by atoms with Crippen molar-refractivity contribution in [3.8, 4) is 0 Å². The SMILES string of the molecule is CC1(c2nc(N)no2)CCCOC1. The molecule has 1 fully saturated rings. The summed E-state index contributed by atoms with van der Waals surface area (Å²) in [5, 5.41) is 3.57. The van der Waals surface area contributed by atoms with Crippen LogP contribution in [0.25, 0.3) is 0 Å². The average Bonchev–Trinajstić information content (AvgIpc) is 2.54. The highest BCUT2D eigenvalue weighted by Gasteiger charge is 2.35. The van der Waals surface area contributed by atoms with E-state index in [4.69, 9.17) is 15.0 Å². The molecule has 0 bridgehead atoms. The summed E-state index contributed by atoms with van der Waals surface area (Å²) in [6.07, 6.45) is 2.04. The number of rotatable bonds is 1. The molecule has 1 unspecified atom stereocenters. The largest absolute Gasteiger partial charge is 0.380 e. The van der Waals surface area contributed by atoms with E-state index in [1.54, 1.807) is 0 Å². The maximum absolute atomic E-state index is 5.39. The van der Waals surface area contributed by atoms with Crippen LogP contribution in [-0.4, -0.2) is 23.4 Å². The zero-order valence-corrected chi connectivity index (χ0v) is 7.62. The predicted molar refractivity (Wildman–Crippen MR) is 46.1 cm³/mol. The van der Waals surface area contributed by atoms with Crippen LogP contribution >= 0.6 is 0 Å². The van der Waals surface area contributed by atoms with E-state index in [0.29, 0.717) is 12.5 Å². The van der Waals surface area contributed by atoms with Crippen LogP contribution in [0.1, 0.15) is 25.7 Å². The molecule has 2 N–H and O–H groups in total. The monoisotopic (exact) mass is 183 g/mol. The van der Waals surface area contributed by atoms with Crippen LogP contribution in [0.5, 0.6) is 0 Å². The van der Waals surface area contributed by atoms with Gasteiger partial charge in [0.2, 0.25) is 5.89 Å². The number of nitrogens with two attached hydrogens (primary N) is 1. The summed E-state index contributed by atoms with van der Waals surface area (Å²) >= 11 is 0. The highest BCUT2D eigenvalue weighted by Crippen LogP contribution is 2.31. The van der Waals surface area contributed by atoms with Crippen LogP contribution in [0.15, 0.2) is 4.52 Å². The summed E-state index contributed by atoms with van der Waals surface area (Å²) in [4.78, 5) is 4.03. The lowest BCUT2D eigenvalue weighted by atomic mass is 9.85. The number of hydrogen-bond donors (Lipinski definition) is 1. The maximum atomic E-state index is 5.39. The molecule has 0 amide bonds. The van der Waals surface area contributed by atoms with Gasteiger partial charge in [-0.25, -0.2) is 0 Å². The molecule has 1 aliphatic rings. The van der Waals surface area contributed by atoms with Gasteiger partial charge in [0.1, 0.15) is 0 Å². The van der Waals surface area contributed by atoms with Crippen molar-refractivity contribution in [2.24, 2.45) is 0 Å². The summed E-state index contributed by atoms with van der Waals surface area (Å²) in [6, 6.07) is 0. The number of aromatic nitrogens is 2. The fraction of sp³-hybridized carbons (Fsp3) is 0.750. The van der Waals surface area contributed by atoms with Gasteiger partial charge in [0, 0.05) is 6.61 Å². The van der Waals surface area contributed by atoms with E-state index in [-0.39, 0.29) is 11.4 Å². The highest BCUT2D eigenvalue weighted by molar-refractivity contribution is 5.15. The number of ether oxygens (including phenoxy) is 1. The smallest absolute Gasteiger partial charge is 0.260 e. The molecule has 0 aromatic carbocycles. The minimum atomic E-state index is -0.150. The van der Waals surface area contributed by atoms with Gasteiger partial charge in [-0.1, -0.05) is 0 Å². The third kappa shape index (κ3) is 1.51. The Morgan fingerprint density at radius 3 is 2.92 bits per heavy atom. The van der Waals surface area contributed by atoms with Crippen molar-refractivity contribution >= 4 is 5.95 Å². The van der Waals surface area contributed by atoms with E-state index in [1.807, 2.05) is 0 Å². The first kappa shape index (κ1) is 8.50. The van der Waals surface area contributed by atoms with Crippen molar-refractivity contribution in [2.45, 2.75) is 25.2 Å². The molecular formula is C8H13N3O2. The molecule has 13 heavy (non-hydrogen) atoms. The number of nitrogen functional groups attached to an aromatic ring is 1. The molecule has 0 aliphatic carbocycles. The first-order chi connectivity index (χ1) is 6.21. The van der Waals surface area contributed by atoms with E-state index >= 15 is 0 Å². The van der Waals surface area contributed by atoms with Gasteiger partial charge in [-0.3, -0.25) is 0 Å². The fourth-order valence-corrected chi connectivity index (χ4v) is 1.58. The van der Waals surface area contributed by atoms with Crippen molar-refractivity contribution in [2.75, 3.05) is 18.9 Å². The average molecular weight is 183 g/mol. The lowest BCUT2D eigenvalue weighted by Gasteiger charge is -2.29. The quantitative estimate of drug-likeness (QED) is 0.694. The Bertz CT molecular complexity index is 291. The highest BCUT2D eigenvalue weighted by atomic mass is 16.5. The van der Waals surface area contributed by atoms with E-state index in [2.05, 4.69) is 17.1 Å². The lowest BCUT2D eigenvalue weighted by molar-refractivity contribution is 0.0282. The Morgan fingerprint density at radius 2 is 2.38 bits per heavy atom. The normalized spacial score (nSPS) is 29.0. The molecule has 72 valence electrons. The molecule has 2 heterocycles. The fourth-order valence-electron chi connectivity index (χ4n) is 1.58. The zero-order chi connectivity index (χ0) is 9.31. The standard InChI is InChI=1S/C8H13N3O2/c1-8(3-2-4-12-5-8)6-10-7(9)11-13-6/h2-5H2,1H3,(H2,9,11). The second-order valence-corrected chi connectivity index (χ2v) is 3.67. The summed E-state index contributed by atoms with van der Waals surface area (Å²) in [5.41, 5.74) is 5.24. The third-order valence-electron chi connectivity index (χ3n) is 2.40. The molecule has 1 atom stereocenters. The molecule has 1 aliphatic heterocycles. The Balaban J connectivity index is 2.22. The molecule has 5 nitrogen and oxygen atoms in total. The first-order valence-electron chi connectivity index (χ1n) is 4.38. The Labute approximate surface area is 76.3 Å². The number of hydrogen-bond acceptors (Lipinski definition) is 5. The second-order valence-electron chi connectivity index (χ2n) is 3.67. The maximum Gasteiger partial charge on any atom is 0.260 e. The van der Waals surface area contributed by atoms with Crippen LogP contribution in [0, 0.1) is 0 Å². The molecule has 2 rings (SSSR count). The number of nitrogens with zero attached hydrogens (tertiary/aromatic N) is 2. The van der Waals surface area contributed by atoms with Gasteiger partial charge in [0.05, 0.1) is 12.0 Å². The third-order valence-corrected chi connectivity index (χ3v) is 2.40. The number of anilines is 1. The van der Waals surface area contributed by atoms with Crippen molar-refractivity contribution in [1.29, 1.82) is 0 Å². The van der Waals surface area contributed by atoms with Crippen molar-refractivity contribution in [3.63, 3.8) is 0 Å². The predicted octanol–water partition coefficient (Wildman–Crippen LogP) is 0.720. The molecular weight excluding hydrogens is 170 g/mol. The topological polar surface area (TPSA) is 74.2 Å². The van der Waals surface area contributed by atoms with Gasteiger partial charge >= 0.3 is 0 Å². The summed E-state index contributed by atoms with van der Waals surface area (Å²) in [7, 11) is 0. The Morgan fingerprint density at radius 1 is 1.54 bits per heavy atom. The minimum absolute atomic E-state index is 0.150. The van der Waals surface area contributed by atoms with E-state index < -0.39 is 0 Å². The van der Waals surface area contributed by atoms with Crippen LogP contribution < -0.4 is 5.73 Å². The van der Waals surface area contributed by atoms with Crippen molar-refractivity contribution in [3.05, 3.63) is 5.89 Å². The molecule has 5 heteroatoms. The molecule has 0 saturated carbocycles.